The van der Waals surface area contributed by atoms with E-state index >= 15 is 0 Å². The van der Waals surface area contributed by atoms with Gasteiger partial charge in [0.1, 0.15) is 0 Å². The van der Waals surface area contributed by atoms with Gasteiger partial charge in [-0.2, -0.15) is 0 Å². The van der Waals surface area contributed by atoms with Crippen LogP contribution in [-0.2, 0) is 0 Å². The third kappa shape index (κ3) is 2.43. The first-order chi connectivity index (χ1) is 11.1. The Hall–Kier alpha value is -1.85. The van der Waals surface area contributed by atoms with Gasteiger partial charge in [-0.3, -0.25) is 0 Å². The Morgan fingerprint density at radius 1 is 1.25 bits per heavy atom. The van der Waals surface area contributed by atoms with Gasteiger partial charge in [-0.1, -0.05) is 0 Å². The molecule has 0 saturated heterocycles. The van der Waals surface area contributed by atoms with Crippen LogP contribution in [0.15, 0.2) is 47.4 Å². The molecule has 0 radical (unpaired) electrons. The molecule has 0 atom stereocenters. The Labute approximate surface area is 152 Å². The summed E-state index contributed by atoms with van der Waals surface area (Å²) < 4.78 is 16.2. The maximum absolute atomic E-state index is 14.0. The molecule has 4 rings (SSSR count). The van der Waals surface area contributed by atoms with Crippen molar-refractivity contribution >= 4 is 59.3 Å². The fourth-order valence-electron chi connectivity index (χ4n) is 2.54. The van der Waals surface area contributed by atoms with Crippen molar-refractivity contribution < 1.29 is 9.50 Å². The standard InChI is InChI=1S/C16H8ClFN2O2Se.ClH/c17-9-7-11(8-3-2-6-19-14(8)15(9)21)20-16(22)13-10(18)4-1-5-12(13)23-20;/h1-7,21H;1H. The van der Waals surface area contributed by atoms with E-state index in [0.717, 1.165) is 0 Å². The van der Waals surface area contributed by atoms with Crippen molar-refractivity contribution in [1.29, 1.82) is 0 Å². The average Bonchev–Trinajstić information content (AvgIpc) is 2.89. The van der Waals surface area contributed by atoms with Crippen LogP contribution in [0.5, 0.6) is 5.75 Å². The number of hydrogen-bond donors (Lipinski definition) is 1. The number of pyridine rings is 1. The van der Waals surface area contributed by atoms with Crippen LogP contribution >= 0.6 is 24.0 Å². The van der Waals surface area contributed by atoms with E-state index in [1.165, 1.54) is 21.9 Å². The second kappa shape index (κ2) is 6.22. The van der Waals surface area contributed by atoms with Crippen molar-refractivity contribution in [2.24, 2.45) is 0 Å². The van der Waals surface area contributed by atoms with E-state index < -0.39 is 26.1 Å². The van der Waals surface area contributed by atoms with E-state index in [1.54, 1.807) is 24.3 Å². The number of phenols is 1. The number of rotatable bonds is 1. The first-order valence-corrected chi connectivity index (χ1v) is 8.65. The number of halogens is 3. The van der Waals surface area contributed by atoms with Crippen LogP contribution < -0.4 is 5.56 Å². The van der Waals surface area contributed by atoms with Crippen LogP contribution in [0, 0.1) is 5.82 Å². The van der Waals surface area contributed by atoms with Crippen LogP contribution in [0.25, 0.3) is 26.2 Å². The number of phenolic OH excluding ortho intramolecular Hbond substituents is 1. The molecule has 8 heteroatoms. The van der Waals surface area contributed by atoms with Gasteiger partial charge in [0.15, 0.2) is 0 Å². The van der Waals surface area contributed by atoms with Crippen molar-refractivity contribution in [2.75, 3.05) is 0 Å². The van der Waals surface area contributed by atoms with Gasteiger partial charge in [0, 0.05) is 0 Å². The average molecular weight is 430 g/mol. The summed E-state index contributed by atoms with van der Waals surface area (Å²) >= 11 is 5.66. The minimum atomic E-state index is -0.524. The molecule has 2 aromatic heterocycles. The van der Waals surface area contributed by atoms with Crippen molar-refractivity contribution in [1.82, 2.24) is 8.55 Å². The van der Waals surface area contributed by atoms with Crippen molar-refractivity contribution in [3.63, 3.8) is 0 Å². The molecule has 1 N–H and O–H groups in total. The molecule has 0 bridgehead atoms. The molecule has 122 valence electrons. The monoisotopic (exact) mass is 430 g/mol. The molecule has 24 heavy (non-hydrogen) atoms. The third-order valence-corrected chi connectivity index (χ3v) is 6.14. The van der Waals surface area contributed by atoms with Crippen LogP contribution in [0.1, 0.15) is 0 Å². The Bertz CT molecular complexity index is 1140. The molecule has 4 nitrogen and oxygen atoms in total. The number of hydrogen-bond acceptors (Lipinski definition) is 3. The Morgan fingerprint density at radius 2 is 2.04 bits per heavy atom. The molecular formula is C16H9Cl2FN2O2Se. The first kappa shape index (κ1) is 17.0. The predicted molar refractivity (Wildman–Crippen MR) is 95.7 cm³/mol. The maximum atomic E-state index is 14.0. The van der Waals surface area contributed by atoms with Gasteiger partial charge in [0.25, 0.3) is 0 Å². The van der Waals surface area contributed by atoms with Gasteiger partial charge < -0.3 is 0 Å². The summed E-state index contributed by atoms with van der Waals surface area (Å²) in [6.45, 7) is 0. The zero-order valence-electron chi connectivity index (χ0n) is 11.9. The summed E-state index contributed by atoms with van der Waals surface area (Å²) in [6.07, 6.45) is 1.54. The summed E-state index contributed by atoms with van der Waals surface area (Å²) in [7, 11) is 0. The van der Waals surface area contributed by atoms with Crippen LogP contribution in [-0.4, -0.2) is 28.4 Å². The first-order valence-electron chi connectivity index (χ1n) is 6.65. The van der Waals surface area contributed by atoms with Crippen molar-refractivity contribution in [3.8, 4) is 11.4 Å². The van der Waals surface area contributed by atoms with Crippen LogP contribution in [0.2, 0.25) is 5.02 Å². The molecular weight excluding hydrogens is 421 g/mol. The van der Waals surface area contributed by atoms with Crippen LogP contribution in [0.3, 0.4) is 0 Å². The Balaban J connectivity index is 0.00000169. The van der Waals surface area contributed by atoms with E-state index in [1.807, 2.05) is 0 Å². The van der Waals surface area contributed by atoms with E-state index in [2.05, 4.69) is 4.98 Å². The fourth-order valence-corrected chi connectivity index (χ4v) is 4.90. The van der Waals surface area contributed by atoms with E-state index in [-0.39, 0.29) is 28.6 Å². The number of benzene rings is 2. The SMILES string of the molecule is Cl.O=c1c2c(F)cccc2[se]n1-c1cc(Cl)c(O)c2ncccc12. The van der Waals surface area contributed by atoms with E-state index in [0.29, 0.717) is 20.9 Å². The molecule has 4 aromatic rings. The van der Waals surface area contributed by atoms with E-state index in [9.17, 15) is 14.3 Å². The zero-order chi connectivity index (χ0) is 16.1. The topological polar surface area (TPSA) is 55.1 Å². The van der Waals surface area contributed by atoms with Gasteiger partial charge in [-0.05, 0) is 0 Å². The van der Waals surface area contributed by atoms with Gasteiger partial charge in [0.2, 0.25) is 0 Å². The summed E-state index contributed by atoms with van der Waals surface area (Å²) in [6, 6.07) is 9.59. The number of nitrogens with zero attached hydrogens (tertiary/aromatic N) is 2. The Morgan fingerprint density at radius 3 is 2.79 bits per heavy atom. The fraction of sp³-hybridized carbons (Fsp3) is 0. The van der Waals surface area contributed by atoms with Crippen molar-refractivity contribution in [3.05, 3.63) is 63.8 Å². The quantitative estimate of drug-likeness (QED) is 0.471. The molecule has 0 spiro atoms. The second-order valence-electron chi connectivity index (χ2n) is 4.93. The zero-order valence-corrected chi connectivity index (χ0v) is 15.1. The van der Waals surface area contributed by atoms with Gasteiger partial charge in [0.05, 0.1) is 0 Å². The number of aromatic hydroxyl groups is 1. The summed E-state index contributed by atoms with van der Waals surface area (Å²) in [4.78, 5) is 16.8. The molecule has 2 heterocycles. The second-order valence-corrected chi connectivity index (χ2v) is 7.41. The van der Waals surface area contributed by atoms with Gasteiger partial charge >= 0.3 is 140 Å². The number of aromatic nitrogens is 2. The Kier molecular flexibility index (Phi) is 4.40. The van der Waals surface area contributed by atoms with E-state index in [4.69, 9.17) is 11.6 Å². The molecule has 2 aromatic carbocycles. The van der Waals surface area contributed by atoms with Crippen molar-refractivity contribution in [2.45, 2.75) is 0 Å². The molecule has 0 amide bonds. The van der Waals surface area contributed by atoms with Gasteiger partial charge in [-0.25, -0.2) is 0 Å². The van der Waals surface area contributed by atoms with Crippen LogP contribution in [0.4, 0.5) is 4.39 Å². The summed E-state index contributed by atoms with van der Waals surface area (Å²) in [5.74, 6) is -0.655. The predicted octanol–water partition coefficient (Wildman–Crippen LogP) is 3.52. The molecule has 0 aliphatic rings. The normalized spacial score (nSPS) is 10.9. The summed E-state index contributed by atoms with van der Waals surface area (Å²) in [5, 5.41) is 10.9. The molecule has 0 fully saturated rings. The molecule has 0 unspecified atom stereocenters. The molecule has 0 aliphatic heterocycles. The summed E-state index contributed by atoms with van der Waals surface area (Å²) in [5.41, 5.74) is 0.441. The van der Waals surface area contributed by atoms with Gasteiger partial charge in [-0.15, -0.1) is 12.4 Å². The number of fused-ring (bicyclic) bond motifs is 2. The minimum absolute atomic E-state index is 0. The molecule has 0 aliphatic carbocycles. The third-order valence-electron chi connectivity index (χ3n) is 3.58. The molecule has 0 saturated carbocycles.